The van der Waals surface area contributed by atoms with Gasteiger partial charge in [-0.25, -0.2) is 0 Å². The van der Waals surface area contributed by atoms with E-state index in [-0.39, 0.29) is 24.4 Å². The molecule has 2 aromatic carbocycles. The number of hydrogen-bond donors (Lipinski definition) is 2. The monoisotopic (exact) mass is 328 g/mol. The van der Waals surface area contributed by atoms with Gasteiger partial charge in [0.2, 0.25) is 5.91 Å². The Morgan fingerprint density at radius 1 is 1.12 bits per heavy atom. The first kappa shape index (κ1) is 17.9. The van der Waals surface area contributed by atoms with Crippen LogP contribution in [0.25, 0.3) is 10.8 Å². The molecule has 0 aliphatic heterocycles. The third-order valence-electron chi connectivity index (χ3n) is 4.35. The Hall–Kier alpha value is -2.40. The van der Waals surface area contributed by atoms with Crippen LogP contribution in [0.15, 0.2) is 42.5 Å². The molecule has 0 saturated carbocycles. The number of amides is 1. The average Bonchev–Trinajstić information content (AvgIpc) is 2.58. The van der Waals surface area contributed by atoms with E-state index in [4.69, 9.17) is 5.11 Å². The molecule has 2 N–H and O–H groups in total. The topological polar surface area (TPSA) is 69.6 Å². The van der Waals surface area contributed by atoms with Crippen LogP contribution in [-0.2, 0) is 9.59 Å². The second kappa shape index (κ2) is 7.93. The van der Waals surface area contributed by atoms with Crippen molar-refractivity contribution in [3.05, 3.63) is 48.0 Å². The standard InChI is InChI=1S/C19H24N2O3/c1-13(16-9-8-15-6-4-5-7-17(15)12-16)20-19(24)14(2)21(3)11-10-18(22)23/h4-9,12-14H,10-11H2,1-3H3,(H,20,24)(H,22,23). The van der Waals surface area contributed by atoms with E-state index in [0.717, 1.165) is 10.9 Å². The highest BCUT2D eigenvalue weighted by atomic mass is 16.4. The number of fused-ring (bicyclic) bond motifs is 1. The smallest absolute Gasteiger partial charge is 0.304 e. The van der Waals surface area contributed by atoms with Crippen LogP contribution in [0.5, 0.6) is 0 Å². The van der Waals surface area contributed by atoms with E-state index in [1.54, 1.807) is 18.9 Å². The van der Waals surface area contributed by atoms with Crippen LogP contribution in [0.3, 0.4) is 0 Å². The molecule has 128 valence electrons. The molecule has 5 nitrogen and oxygen atoms in total. The maximum atomic E-state index is 12.4. The lowest BCUT2D eigenvalue weighted by atomic mass is 10.0. The molecule has 0 aromatic heterocycles. The third kappa shape index (κ3) is 4.55. The average molecular weight is 328 g/mol. The molecule has 0 fully saturated rings. The summed E-state index contributed by atoms with van der Waals surface area (Å²) in [6, 6.07) is 13.8. The van der Waals surface area contributed by atoms with Gasteiger partial charge in [-0.15, -0.1) is 0 Å². The summed E-state index contributed by atoms with van der Waals surface area (Å²) in [4.78, 5) is 24.8. The Labute approximate surface area is 142 Å². The number of carbonyl (C=O) groups excluding carboxylic acids is 1. The Bertz CT molecular complexity index is 729. The van der Waals surface area contributed by atoms with E-state index in [1.165, 1.54) is 5.39 Å². The van der Waals surface area contributed by atoms with Gasteiger partial charge in [0.25, 0.3) is 0 Å². The van der Waals surface area contributed by atoms with E-state index in [9.17, 15) is 9.59 Å². The Morgan fingerprint density at radius 3 is 2.46 bits per heavy atom. The molecule has 1 amide bonds. The predicted molar refractivity (Wildman–Crippen MR) is 94.9 cm³/mol. The van der Waals surface area contributed by atoms with Gasteiger partial charge in [0.1, 0.15) is 0 Å². The fraction of sp³-hybridized carbons (Fsp3) is 0.368. The number of hydrogen-bond acceptors (Lipinski definition) is 3. The summed E-state index contributed by atoms with van der Waals surface area (Å²) in [7, 11) is 1.76. The van der Waals surface area contributed by atoms with Crippen molar-refractivity contribution in [2.75, 3.05) is 13.6 Å². The summed E-state index contributed by atoms with van der Waals surface area (Å²) in [6.07, 6.45) is 0.0222. The minimum absolute atomic E-state index is 0.0222. The Kier molecular flexibility index (Phi) is 5.93. The highest BCUT2D eigenvalue weighted by Crippen LogP contribution is 2.20. The van der Waals surface area contributed by atoms with Gasteiger partial charge in [-0.1, -0.05) is 36.4 Å². The van der Waals surface area contributed by atoms with Crippen LogP contribution in [0.4, 0.5) is 0 Å². The molecule has 0 bridgehead atoms. The Morgan fingerprint density at radius 2 is 1.79 bits per heavy atom. The van der Waals surface area contributed by atoms with E-state index in [2.05, 4.69) is 29.6 Å². The lowest BCUT2D eigenvalue weighted by Gasteiger charge is -2.25. The number of benzene rings is 2. The van der Waals surface area contributed by atoms with Crippen molar-refractivity contribution < 1.29 is 14.7 Å². The minimum atomic E-state index is -0.862. The number of nitrogens with one attached hydrogen (secondary N) is 1. The molecule has 0 radical (unpaired) electrons. The quantitative estimate of drug-likeness (QED) is 0.820. The number of carboxylic acids is 1. The molecule has 2 rings (SSSR count). The fourth-order valence-electron chi connectivity index (χ4n) is 2.56. The number of nitrogens with zero attached hydrogens (tertiary/aromatic N) is 1. The fourth-order valence-corrected chi connectivity index (χ4v) is 2.56. The summed E-state index contributed by atoms with van der Waals surface area (Å²) in [5, 5.41) is 14.0. The van der Waals surface area contributed by atoms with Crippen LogP contribution >= 0.6 is 0 Å². The van der Waals surface area contributed by atoms with E-state index < -0.39 is 5.97 Å². The van der Waals surface area contributed by atoms with Gasteiger partial charge in [0.15, 0.2) is 0 Å². The first-order chi connectivity index (χ1) is 11.4. The van der Waals surface area contributed by atoms with Crippen LogP contribution in [0, 0.1) is 0 Å². The van der Waals surface area contributed by atoms with Crippen molar-refractivity contribution >= 4 is 22.6 Å². The SMILES string of the molecule is CC(NC(=O)C(C)N(C)CCC(=O)O)c1ccc2ccccc2c1. The highest BCUT2D eigenvalue weighted by molar-refractivity contribution is 5.84. The highest BCUT2D eigenvalue weighted by Gasteiger charge is 2.20. The largest absolute Gasteiger partial charge is 0.481 e. The molecule has 0 heterocycles. The number of likely N-dealkylation sites (N-methyl/N-ethyl adjacent to an activating group) is 1. The third-order valence-corrected chi connectivity index (χ3v) is 4.35. The summed E-state index contributed by atoms with van der Waals surface area (Å²) >= 11 is 0. The first-order valence-electron chi connectivity index (χ1n) is 8.09. The summed E-state index contributed by atoms with van der Waals surface area (Å²) in [6.45, 7) is 4.07. The summed E-state index contributed by atoms with van der Waals surface area (Å²) < 4.78 is 0. The summed E-state index contributed by atoms with van der Waals surface area (Å²) in [5.74, 6) is -0.970. The van der Waals surface area contributed by atoms with Crippen molar-refractivity contribution in [1.29, 1.82) is 0 Å². The van der Waals surface area contributed by atoms with Gasteiger partial charge < -0.3 is 10.4 Å². The van der Waals surface area contributed by atoms with Gasteiger partial charge in [0, 0.05) is 6.54 Å². The minimum Gasteiger partial charge on any atom is -0.481 e. The van der Waals surface area contributed by atoms with Crippen molar-refractivity contribution in [2.24, 2.45) is 0 Å². The number of rotatable bonds is 7. The second-order valence-electron chi connectivity index (χ2n) is 6.14. The lowest BCUT2D eigenvalue weighted by molar-refractivity contribution is -0.138. The normalized spacial score (nSPS) is 13.7. The first-order valence-corrected chi connectivity index (χ1v) is 8.09. The zero-order valence-corrected chi connectivity index (χ0v) is 14.3. The lowest BCUT2D eigenvalue weighted by Crippen LogP contribution is -2.44. The zero-order valence-electron chi connectivity index (χ0n) is 14.3. The van der Waals surface area contributed by atoms with Gasteiger partial charge in [-0.05, 0) is 43.3 Å². The van der Waals surface area contributed by atoms with Crippen LogP contribution < -0.4 is 5.32 Å². The number of carbonyl (C=O) groups is 2. The molecule has 0 aliphatic rings. The van der Waals surface area contributed by atoms with Crippen molar-refractivity contribution in [1.82, 2.24) is 10.2 Å². The maximum absolute atomic E-state index is 12.4. The van der Waals surface area contributed by atoms with Crippen LogP contribution in [-0.4, -0.2) is 41.5 Å². The van der Waals surface area contributed by atoms with Gasteiger partial charge in [0.05, 0.1) is 18.5 Å². The van der Waals surface area contributed by atoms with Crippen molar-refractivity contribution in [3.63, 3.8) is 0 Å². The molecule has 0 aliphatic carbocycles. The predicted octanol–water partition coefficient (Wildman–Crippen LogP) is 2.81. The number of aliphatic carboxylic acids is 1. The van der Waals surface area contributed by atoms with Gasteiger partial charge in [-0.2, -0.15) is 0 Å². The van der Waals surface area contributed by atoms with Crippen molar-refractivity contribution in [3.8, 4) is 0 Å². The molecule has 5 heteroatoms. The maximum Gasteiger partial charge on any atom is 0.304 e. The van der Waals surface area contributed by atoms with Gasteiger partial charge >= 0.3 is 5.97 Å². The van der Waals surface area contributed by atoms with Crippen molar-refractivity contribution in [2.45, 2.75) is 32.4 Å². The van der Waals surface area contributed by atoms with E-state index in [0.29, 0.717) is 6.54 Å². The molecule has 2 atom stereocenters. The molecular formula is C19H24N2O3. The molecule has 0 saturated heterocycles. The van der Waals surface area contributed by atoms with E-state index in [1.807, 2.05) is 25.1 Å². The molecule has 24 heavy (non-hydrogen) atoms. The summed E-state index contributed by atoms with van der Waals surface area (Å²) in [5.41, 5.74) is 1.04. The van der Waals surface area contributed by atoms with E-state index >= 15 is 0 Å². The molecular weight excluding hydrogens is 304 g/mol. The molecule has 0 spiro atoms. The van der Waals surface area contributed by atoms with Gasteiger partial charge in [-0.3, -0.25) is 14.5 Å². The molecule has 2 unspecified atom stereocenters. The molecule has 2 aromatic rings. The number of carboxylic acid groups (broad SMARTS) is 1. The zero-order chi connectivity index (χ0) is 17.7. The second-order valence-corrected chi connectivity index (χ2v) is 6.14. The Balaban J connectivity index is 2.00. The van der Waals surface area contributed by atoms with Crippen LogP contribution in [0.2, 0.25) is 0 Å². The van der Waals surface area contributed by atoms with Crippen LogP contribution in [0.1, 0.15) is 31.9 Å².